The molecule has 0 aliphatic carbocycles. The van der Waals surface area contributed by atoms with Crippen molar-refractivity contribution in [1.29, 1.82) is 0 Å². The Bertz CT molecular complexity index is 208. The molecule has 0 saturated carbocycles. The van der Waals surface area contributed by atoms with Crippen LogP contribution < -0.4 is 0 Å². The lowest BCUT2D eigenvalue weighted by Gasteiger charge is -2.23. The molecule has 0 spiro atoms. The van der Waals surface area contributed by atoms with Gasteiger partial charge in [0, 0.05) is 0 Å². The molecular formula is C6H12F3O4P. The number of halogens is 3. The van der Waals surface area contributed by atoms with Crippen molar-refractivity contribution in [2.24, 2.45) is 0 Å². The van der Waals surface area contributed by atoms with Gasteiger partial charge in [-0.3, -0.25) is 4.57 Å². The van der Waals surface area contributed by atoms with E-state index in [4.69, 9.17) is 5.11 Å². The Morgan fingerprint density at radius 1 is 1.29 bits per heavy atom. The maximum atomic E-state index is 12.0. The lowest BCUT2D eigenvalue weighted by atomic mass is 10.7. The van der Waals surface area contributed by atoms with E-state index in [-0.39, 0.29) is 13.2 Å². The van der Waals surface area contributed by atoms with Gasteiger partial charge in [-0.1, -0.05) is 0 Å². The third-order valence-corrected chi connectivity index (χ3v) is 3.34. The van der Waals surface area contributed by atoms with Crippen LogP contribution in [0.3, 0.4) is 0 Å². The number of hydrogen-bond acceptors (Lipinski definition) is 4. The molecule has 0 saturated heterocycles. The van der Waals surface area contributed by atoms with Gasteiger partial charge >= 0.3 is 13.8 Å². The molecule has 0 unspecified atom stereocenters. The largest absolute Gasteiger partial charge is 0.426 e. The fourth-order valence-electron chi connectivity index (χ4n) is 0.718. The molecule has 0 fully saturated rings. The zero-order chi connectivity index (χ0) is 11.4. The molecule has 0 heterocycles. The highest BCUT2D eigenvalue weighted by Crippen LogP contribution is 2.56. The molecular weight excluding hydrogens is 224 g/mol. The first-order valence-corrected chi connectivity index (χ1v) is 5.52. The number of rotatable bonds is 5. The average molecular weight is 236 g/mol. The molecule has 0 bridgehead atoms. The smallest absolute Gasteiger partial charge is 0.373 e. The summed E-state index contributed by atoms with van der Waals surface area (Å²) in [4.78, 5) is 0. The number of alkyl halides is 3. The van der Waals surface area contributed by atoms with Gasteiger partial charge in [-0.25, -0.2) is 0 Å². The number of aliphatic hydroxyl groups is 1. The van der Waals surface area contributed by atoms with Crippen LogP contribution in [0.4, 0.5) is 13.2 Å². The first-order valence-electron chi connectivity index (χ1n) is 3.91. The summed E-state index contributed by atoms with van der Waals surface area (Å²) in [6.07, 6.45) is -5.01. The molecule has 4 nitrogen and oxygen atoms in total. The summed E-state index contributed by atoms with van der Waals surface area (Å²) < 4.78 is 56.0. The molecule has 0 aliphatic rings. The predicted octanol–water partition coefficient (Wildman–Crippen LogP) is 2.13. The third-order valence-electron chi connectivity index (χ3n) is 1.21. The molecule has 8 heteroatoms. The van der Waals surface area contributed by atoms with Gasteiger partial charge in [0.1, 0.15) is 0 Å². The minimum atomic E-state index is -5.01. The quantitative estimate of drug-likeness (QED) is 0.743. The van der Waals surface area contributed by atoms with E-state index < -0.39 is 19.6 Å². The minimum Gasteiger partial charge on any atom is -0.373 e. The summed E-state index contributed by atoms with van der Waals surface area (Å²) in [5, 5.41) is 8.73. The molecule has 0 amide bonds. The Morgan fingerprint density at radius 2 is 1.64 bits per heavy atom. The summed E-state index contributed by atoms with van der Waals surface area (Å²) in [6, 6.07) is 0. The van der Waals surface area contributed by atoms with Gasteiger partial charge in [-0.2, -0.15) is 13.2 Å². The Kier molecular flexibility index (Phi) is 5.08. The van der Waals surface area contributed by atoms with Crippen molar-refractivity contribution in [3.05, 3.63) is 0 Å². The normalized spacial score (nSPS) is 15.6. The summed E-state index contributed by atoms with van der Waals surface area (Å²) in [6.45, 7) is 2.25. The van der Waals surface area contributed by atoms with Crippen LogP contribution in [0, 0.1) is 0 Å². The maximum Gasteiger partial charge on any atom is 0.426 e. The van der Waals surface area contributed by atoms with Crippen LogP contribution in [-0.2, 0) is 13.6 Å². The highest BCUT2D eigenvalue weighted by atomic mass is 31.2. The van der Waals surface area contributed by atoms with Crippen molar-refractivity contribution in [3.63, 3.8) is 0 Å². The van der Waals surface area contributed by atoms with Crippen LogP contribution in [-0.4, -0.2) is 30.3 Å². The molecule has 1 atom stereocenters. The molecule has 14 heavy (non-hydrogen) atoms. The fraction of sp³-hybridized carbons (Fsp3) is 1.00. The predicted molar refractivity (Wildman–Crippen MR) is 42.9 cm³/mol. The van der Waals surface area contributed by atoms with Gasteiger partial charge in [-0.05, 0) is 13.8 Å². The van der Waals surface area contributed by atoms with Crippen molar-refractivity contribution >= 4 is 7.60 Å². The minimum absolute atomic E-state index is 0.232. The summed E-state index contributed by atoms with van der Waals surface area (Å²) in [5.74, 6) is -3.09. The fourth-order valence-corrected chi connectivity index (χ4v) is 2.15. The van der Waals surface area contributed by atoms with E-state index in [1.165, 1.54) is 13.8 Å². The van der Waals surface area contributed by atoms with Crippen LogP contribution in [0.15, 0.2) is 0 Å². The average Bonchev–Trinajstić information content (AvgIpc) is 2.02. The molecule has 1 N–H and O–H groups in total. The standard InChI is InChI=1S/C6H12F3O4P/c1-3-12-14(11,13-4-2)5(10)6(7,8)9/h5,10H,3-4H2,1-2H3/t5-/m0/s1. The summed E-state index contributed by atoms with van der Waals surface area (Å²) in [5.41, 5.74) is 0. The second kappa shape index (κ2) is 5.11. The van der Waals surface area contributed by atoms with E-state index in [0.717, 1.165) is 0 Å². The molecule has 0 aromatic carbocycles. The van der Waals surface area contributed by atoms with Gasteiger partial charge < -0.3 is 14.2 Å². The second-order valence-electron chi connectivity index (χ2n) is 2.29. The zero-order valence-electron chi connectivity index (χ0n) is 7.74. The molecule has 0 aliphatic heterocycles. The maximum absolute atomic E-state index is 12.0. The SMILES string of the molecule is CCOP(=O)(OCC)[C@H](O)C(F)(F)F. The van der Waals surface area contributed by atoms with Crippen LogP contribution in [0.2, 0.25) is 0 Å². The lowest BCUT2D eigenvalue weighted by Crippen LogP contribution is -2.30. The van der Waals surface area contributed by atoms with Gasteiger partial charge in [0.2, 0.25) is 0 Å². The van der Waals surface area contributed by atoms with E-state index in [1.807, 2.05) is 0 Å². The summed E-state index contributed by atoms with van der Waals surface area (Å²) >= 11 is 0. The van der Waals surface area contributed by atoms with Crippen LogP contribution in [0.25, 0.3) is 0 Å². The Labute approximate surface area is 79.5 Å². The van der Waals surface area contributed by atoms with E-state index in [2.05, 4.69) is 9.05 Å². The first-order chi connectivity index (χ1) is 6.28. The van der Waals surface area contributed by atoms with Crippen molar-refractivity contribution < 1.29 is 31.9 Å². The summed E-state index contributed by atoms with van der Waals surface area (Å²) in [7, 11) is -4.50. The lowest BCUT2D eigenvalue weighted by molar-refractivity contribution is -0.182. The van der Waals surface area contributed by atoms with Crippen LogP contribution in [0.1, 0.15) is 13.8 Å². The zero-order valence-corrected chi connectivity index (χ0v) is 8.64. The van der Waals surface area contributed by atoms with Crippen LogP contribution >= 0.6 is 7.60 Å². The second-order valence-corrected chi connectivity index (χ2v) is 4.38. The molecule has 0 rings (SSSR count). The molecule has 0 aromatic heterocycles. The number of aliphatic hydroxyl groups excluding tert-OH is 1. The van der Waals surface area contributed by atoms with Crippen molar-refractivity contribution in [3.8, 4) is 0 Å². The van der Waals surface area contributed by atoms with Crippen molar-refractivity contribution in [2.75, 3.05) is 13.2 Å². The molecule has 0 aromatic rings. The van der Waals surface area contributed by atoms with E-state index >= 15 is 0 Å². The highest BCUT2D eigenvalue weighted by molar-refractivity contribution is 7.54. The van der Waals surface area contributed by atoms with Crippen LogP contribution in [0.5, 0.6) is 0 Å². The van der Waals surface area contributed by atoms with Gasteiger partial charge in [0.15, 0.2) is 0 Å². The Hall–Kier alpha value is -0.100. The van der Waals surface area contributed by atoms with E-state index in [1.54, 1.807) is 0 Å². The highest BCUT2D eigenvalue weighted by Gasteiger charge is 2.52. The molecule has 86 valence electrons. The van der Waals surface area contributed by atoms with Crippen molar-refractivity contribution in [1.82, 2.24) is 0 Å². The number of hydrogen-bond donors (Lipinski definition) is 1. The van der Waals surface area contributed by atoms with Crippen molar-refractivity contribution in [2.45, 2.75) is 25.9 Å². The Morgan fingerprint density at radius 3 is 1.86 bits per heavy atom. The van der Waals surface area contributed by atoms with E-state index in [0.29, 0.717) is 0 Å². The first kappa shape index (κ1) is 13.9. The van der Waals surface area contributed by atoms with E-state index in [9.17, 15) is 17.7 Å². The van der Waals surface area contributed by atoms with Gasteiger partial charge in [0.25, 0.3) is 5.85 Å². The molecule has 0 radical (unpaired) electrons. The topological polar surface area (TPSA) is 55.8 Å². The van der Waals surface area contributed by atoms with Gasteiger partial charge in [0.05, 0.1) is 13.2 Å². The van der Waals surface area contributed by atoms with Gasteiger partial charge in [-0.15, -0.1) is 0 Å². The monoisotopic (exact) mass is 236 g/mol. The Balaban J connectivity index is 4.73. The third kappa shape index (κ3) is 3.57.